The standard InChI is InChI=1S/C37H64N2O5Si2.C24H28N4O7S/c1-23(2)45(24(3)4,25(5)6)41-22-36-30(14)43-37(39-36)35-17-16-34(38-35)31-18-32(42-29(13)21-40-15)20-33(19-31)44-46(26(7)8,27(9)10)28(11)12;1-14(13-32-3)33-17-7-16(19-5-6-20(27-19)24-28-21(12-29)15(2)34-24)8-18(9-17)35-22-10-26-23(11-25-22)36(4,30)31/h16-20,23-30,36,38H,21-22H2,1-15H3;5-11,14-15,21,27,29H,12-13H2,1-4H3/t29-,30-,36+;14-,15-,21+/m00/s1. The number of aromatic nitrogens is 4. The Morgan fingerprint density at radius 3 is 1.41 bits per heavy atom. The molecule has 2 aliphatic rings. The van der Waals surface area contributed by atoms with Crippen LogP contribution in [0.15, 0.2) is 88.1 Å². The van der Waals surface area contributed by atoms with Gasteiger partial charge in [-0.25, -0.2) is 28.4 Å². The first-order valence-electron chi connectivity index (χ1n) is 28.8. The van der Waals surface area contributed by atoms with E-state index in [1.54, 1.807) is 26.4 Å². The second kappa shape index (κ2) is 28.3. The van der Waals surface area contributed by atoms with Crippen LogP contribution in [0.25, 0.3) is 22.5 Å². The van der Waals surface area contributed by atoms with E-state index >= 15 is 0 Å². The van der Waals surface area contributed by atoms with Crippen molar-refractivity contribution in [1.82, 2.24) is 19.9 Å². The second-order valence-electron chi connectivity index (χ2n) is 23.7. The van der Waals surface area contributed by atoms with Crippen LogP contribution in [0.3, 0.4) is 0 Å². The van der Waals surface area contributed by atoms with Gasteiger partial charge in [0.25, 0.3) is 8.32 Å². The summed E-state index contributed by atoms with van der Waals surface area (Å²) in [7, 11) is -4.36. The number of methoxy groups -OCH3 is 2. The minimum absolute atomic E-state index is 0.0370. The number of sulfone groups is 1. The molecule has 2 aromatic carbocycles. The van der Waals surface area contributed by atoms with E-state index in [4.69, 9.17) is 47.0 Å². The molecule has 5 aromatic rings. The largest absolute Gasteiger partial charge is 0.543 e. The van der Waals surface area contributed by atoms with Gasteiger partial charge in [0.15, 0.2) is 23.2 Å². The molecule has 0 aliphatic carbocycles. The average molecular weight is 1190 g/mol. The highest BCUT2D eigenvalue weighted by Gasteiger charge is 2.48. The number of aliphatic imine (C=N–C) groups is 2. The van der Waals surface area contributed by atoms with Crippen molar-refractivity contribution < 1.29 is 55.5 Å². The van der Waals surface area contributed by atoms with Crippen LogP contribution in [0.5, 0.6) is 28.9 Å². The average Bonchev–Trinajstić information content (AvgIpc) is 3.82. The topological polar surface area (TPSA) is 220 Å². The lowest BCUT2D eigenvalue weighted by molar-refractivity contribution is 0.0919. The fraction of sp³-hybridized carbons (Fsp3) is 0.574. The molecular formula is C61H92N6O12SSi2. The Kier molecular flexibility index (Phi) is 22.7. The molecular weight excluding hydrogens is 1100 g/mol. The zero-order valence-corrected chi connectivity index (χ0v) is 54.6. The number of aliphatic hydroxyl groups excluding tert-OH is 1. The molecule has 0 radical (unpaired) electrons. The fourth-order valence-corrected chi connectivity index (χ4v) is 22.9. The van der Waals surface area contributed by atoms with Crippen LogP contribution in [-0.2, 0) is 33.2 Å². The lowest BCUT2D eigenvalue weighted by Gasteiger charge is -2.42. The first-order valence-corrected chi connectivity index (χ1v) is 35.0. The van der Waals surface area contributed by atoms with Crippen molar-refractivity contribution in [1.29, 1.82) is 0 Å². The summed E-state index contributed by atoms with van der Waals surface area (Å²) in [6.07, 6.45) is 2.87. The minimum Gasteiger partial charge on any atom is -0.543 e. The summed E-state index contributed by atoms with van der Waals surface area (Å²) in [6.45, 7) is 37.0. The molecule has 0 fully saturated rings. The van der Waals surface area contributed by atoms with Crippen LogP contribution in [0.2, 0.25) is 33.2 Å². The molecule has 0 spiro atoms. The van der Waals surface area contributed by atoms with E-state index in [0.29, 0.717) is 82.1 Å². The molecule has 5 heterocycles. The van der Waals surface area contributed by atoms with Crippen LogP contribution in [0, 0.1) is 0 Å². The normalized spacial score (nSPS) is 18.4. The molecule has 452 valence electrons. The van der Waals surface area contributed by atoms with Crippen LogP contribution in [0.1, 0.15) is 122 Å². The summed E-state index contributed by atoms with van der Waals surface area (Å²) in [6, 6.07) is 19.1. The van der Waals surface area contributed by atoms with E-state index in [9.17, 15) is 13.5 Å². The smallest absolute Gasteiger partial charge is 0.258 e. The Bertz CT molecular complexity index is 2990. The molecule has 0 unspecified atom stereocenters. The third kappa shape index (κ3) is 15.8. The summed E-state index contributed by atoms with van der Waals surface area (Å²) in [4.78, 5) is 24.3. The summed E-state index contributed by atoms with van der Waals surface area (Å²) >= 11 is 0. The predicted octanol–water partition coefficient (Wildman–Crippen LogP) is 13.0. The molecule has 0 bridgehead atoms. The Morgan fingerprint density at radius 2 is 1.00 bits per heavy atom. The van der Waals surface area contributed by atoms with Gasteiger partial charge in [0.05, 0.1) is 38.8 Å². The highest BCUT2D eigenvalue weighted by atomic mass is 32.2. The maximum absolute atomic E-state index is 11.7. The number of nitrogens with zero attached hydrogens (tertiary/aromatic N) is 4. The van der Waals surface area contributed by atoms with Crippen LogP contribution >= 0.6 is 0 Å². The molecule has 82 heavy (non-hydrogen) atoms. The van der Waals surface area contributed by atoms with Crippen LogP contribution in [-0.4, -0.2) is 145 Å². The van der Waals surface area contributed by atoms with Gasteiger partial charge in [-0.15, -0.1) is 0 Å². The monoisotopic (exact) mass is 1190 g/mol. The molecule has 3 N–H and O–H groups in total. The zero-order chi connectivity index (χ0) is 60.4. The summed E-state index contributed by atoms with van der Waals surface area (Å²) in [5.74, 6) is 3.76. The van der Waals surface area contributed by atoms with E-state index in [1.165, 1.54) is 6.20 Å². The zero-order valence-electron chi connectivity index (χ0n) is 51.8. The lowest BCUT2D eigenvalue weighted by Crippen LogP contribution is -2.50. The molecule has 0 saturated heterocycles. The van der Waals surface area contributed by atoms with Gasteiger partial charge in [0, 0.05) is 55.1 Å². The molecule has 0 amide bonds. The van der Waals surface area contributed by atoms with Gasteiger partial charge in [0.1, 0.15) is 70.9 Å². The van der Waals surface area contributed by atoms with Gasteiger partial charge in [-0.2, -0.15) is 0 Å². The maximum atomic E-state index is 11.7. The van der Waals surface area contributed by atoms with Crippen LogP contribution < -0.4 is 18.6 Å². The number of H-pyrrole nitrogens is 2. The Labute approximate surface area is 489 Å². The van der Waals surface area contributed by atoms with Gasteiger partial charge in [-0.05, 0) is 109 Å². The first kappa shape index (κ1) is 65.6. The number of benzene rings is 2. The summed E-state index contributed by atoms with van der Waals surface area (Å²) < 4.78 is 78.2. The van der Waals surface area contributed by atoms with Crippen molar-refractivity contribution in [3.8, 4) is 51.4 Å². The SMILES string of the molecule is COC[C@H](C)Oc1cc(O[Si](C(C)C)(C(C)C)C(C)C)cc(-c2ccc(C3=N[C@H](CO[Si](C(C)C)(C(C)C)C(C)C)[C@H](C)O3)[nH]2)c1.COC[C@H](C)Oc1cc(Oc2cnc(S(C)(=O)=O)cn2)cc(-c2ccc(C3=N[C@H](CO)[C@H](C)O3)[nH]2)c1. The van der Waals surface area contributed by atoms with Crippen molar-refractivity contribution in [3.05, 3.63) is 84.4 Å². The molecule has 2 aliphatic heterocycles. The molecule has 3 aromatic heterocycles. The van der Waals surface area contributed by atoms with E-state index in [2.05, 4.69) is 139 Å². The Morgan fingerprint density at radius 1 is 0.573 bits per heavy atom. The van der Waals surface area contributed by atoms with Gasteiger partial charge >= 0.3 is 0 Å². The first-order chi connectivity index (χ1) is 38.6. The highest BCUT2D eigenvalue weighted by Crippen LogP contribution is 2.45. The number of hydrogen-bond acceptors (Lipinski definition) is 16. The number of ether oxygens (including phenoxy) is 7. The summed E-state index contributed by atoms with van der Waals surface area (Å²) in [5, 5.41) is 9.31. The van der Waals surface area contributed by atoms with Gasteiger partial charge in [0.2, 0.25) is 17.7 Å². The van der Waals surface area contributed by atoms with Crippen molar-refractivity contribution >= 4 is 38.3 Å². The Balaban J connectivity index is 0.000000271. The number of rotatable bonds is 27. The fourth-order valence-electron chi connectivity index (χ4n) is 11.8. The maximum Gasteiger partial charge on any atom is 0.258 e. The van der Waals surface area contributed by atoms with E-state index in [-0.39, 0.29) is 54.0 Å². The number of aromatic amines is 2. The van der Waals surface area contributed by atoms with Gasteiger partial charge in [-0.3, -0.25) is 0 Å². The molecule has 0 saturated carbocycles. The predicted molar refractivity (Wildman–Crippen MR) is 329 cm³/mol. The summed E-state index contributed by atoms with van der Waals surface area (Å²) in [5.41, 5.74) is 7.95. The van der Waals surface area contributed by atoms with Crippen molar-refractivity contribution in [2.75, 3.05) is 46.9 Å². The Hall–Kier alpha value is -5.56. The number of hydrogen-bond donors (Lipinski definition) is 3. The lowest BCUT2D eigenvalue weighted by atomic mass is 10.1. The van der Waals surface area contributed by atoms with Crippen molar-refractivity contribution in [3.63, 3.8) is 0 Å². The van der Waals surface area contributed by atoms with E-state index in [0.717, 1.165) is 52.2 Å². The van der Waals surface area contributed by atoms with Gasteiger partial charge < -0.3 is 57.1 Å². The minimum atomic E-state index is -3.47. The highest BCUT2D eigenvalue weighted by molar-refractivity contribution is 7.90. The van der Waals surface area contributed by atoms with Crippen molar-refractivity contribution in [2.45, 2.75) is 186 Å². The van der Waals surface area contributed by atoms with Gasteiger partial charge in [-0.1, -0.05) is 83.1 Å². The third-order valence-electron chi connectivity index (χ3n) is 15.5. The van der Waals surface area contributed by atoms with E-state index in [1.807, 2.05) is 45.0 Å². The molecule has 6 atom stereocenters. The second-order valence-corrected chi connectivity index (χ2v) is 36.5. The van der Waals surface area contributed by atoms with E-state index < -0.39 is 26.5 Å². The van der Waals surface area contributed by atoms with Crippen LogP contribution in [0.4, 0.5) is 0 Å². The van der Waals surface area contributed by atoms with Crippen molar-refractivity contribution in [2.24, 2.45) is 9.98 Å². The molecule has 7 rings (SSSR count). The number of nitrogens with one attached hydrogen (secondary N) is 2. The molecule has 21 heteroatoms. The molecule has 18 nitrogen and oxygen atoms in total. The quantitative estimate of drug-likeness (QED) is 0.0417. The number of aliphatic hydroxyl groups is 1. The third-order valence-corrected chi connectivity index (χ3v) is 28.6.